The summed E-state index contributed by atoms with van der Waals surface area (Å²) in [6.07, 6.45) is -0.710. The molecule has 1 fully saturated rings. The summed E-state index contributed by atoms with van der Waals surface area (Å²) < 4.78 is 5.21. The second-order valence-corrected chi connectivity index (χ2v) is 7.09. The van der Waals surface area contributed by atoms with Crippen molar-refractivity contribution >= 4 is 18.0 Å². The van der Waals surface area contributed by atoms with E-state index in [1.54, 1.807) is 0 Å². The maximum atomic E-state index is 13.0. The van der Waals surface area contributed by atoms with E-state index in [0.29, 0.717) is 25.8 Å². The van der Waals surface area contributed by atoms with Gasteiger partial charge in [-0.2, -0.15) is 0 Å². The first kappa shape index (κ1) is 21.7. The smallest absolute Gasteiger partial charge is 0.408 e. The minimum absolute atomic E-state index is 0.0815. The standard InChI is InChI=1S/C20H28N2O6/c1-3-13(2)16(21-20(27)28-12-14-8-5-4-6-9-14)18(24)22-11-7-10-15(22)17(23)19(25)26/h4-6,8-9,13,15-17,23H,3,7,10-12H2,1-2H3,(H,21,27)(H,25,26)/t13-,15-,16-,17+/m0/s1. The van der Waals surface area contributed by atoms with Gasteiger partial charge in [-0.15, -0.1) is 0 Å². The number of aliphatic hydroxyl groups excluding tert-OH is 1. The molecule has 0 radical (unpaired) electrons. The van der Waals surface area contributed by atoms with Crippen LogP contribution in [0.3, 0.4) is 0 Å². The highest BCUT2D eigenvalue weighted by molar-refractivity contribution is 5.87. The van der Waals surface area contributed by atoms with Crippen molar-refractivity contribution in [2.45, 2.75) is 57.9 Å². The lowest BCUT2D eigenvalue weighted by Crippen LogP contribution is -2.55. The number of aliphatic hydroxyl groups is 1. The van der Waals surface area contributed by atoms with Crippen LogP contribution in [-0.2, 0) is 20.9 Å². The Morgan fingerprint density at radius 3 is 2.57 bits per heavy atom. The Kier molecular flexibility index (Phi) is 7.80. The number of likely N-dealkylation sites (tertiary alicyclic amines) is 1. The quantitative estimate of drug-likeness (QED) is 0.621. The summed E-state index contributed by atoms with van der Waals surface area (Å²) >= 11 is 0. The Bertz CT molecular complexity index is 681. The van der Waals surface area contributed by atoms with Gasteiger partial charge in [-0.3, -0.25) is 4.79 Å². The van der Waals surface area contributed by atoms with Crippen LogP contribution in [0.4, 0.5) is 4.79 Å². The molecule has 1 aliphatic heterocycles. The average molecular weight is 392 g/mol. The topological polar surface area (TPSA) is 116 Å². The lowest BCUT2D eigenvalue weighted by Gasteiger charge is -2.32. The minimum Gasteiger partial charge on any atom is -0.479 e. The van der Waals surface area contributed by atoms with E-state index in [1.165, 1.54) is 4.90 Å². The molecule has 2 amide bonds. The zero-order chi connectivity index (χ0) is 20.7. The van der Waals surface area contributed by atoms with Gasteiger partial charge in [0, 0.05) is 6.54 Å². The molecule has 4 atom stereocenters. The zero-order valence-electron chi connectivity index (χ0n) is 16.2. The van der Waals surface area contributed by atoms with Crippen molar-refractivity contribution < 1.29 is 29.3 Å². The van der Waals surface area contributed by atoms with Crippen molar-refractivity contribution in [3.63, 3.8) is 0 Å². The number of hydrogen-bond donors (Lipinski definition) is 3. The van der Waals surface area contributed by atoms with Crippen LogP contribution in [0.25, 0.3) is 0 Å². The van der Waals surface area contributed by atoms with Gasteiger partial charge in [-0.25, -0.2) is 9.59 Å². The van der Waals surface area contributed by atoms with Crippen LogP contribution in [-0.4, -0.2) is 57.8 Å². The van der Waals surface area contributed by atoms with E-state index < -0.39 is 36.2 Å². The Morgan fingerprint density at radius 2 is 1.96 bits per heavy atom. The average Bonchev–Trinajstić information content (AvgIpc) is 3.19. The van der Waals surface area contributed by atoms with E-state index in [9.17, 15) is 19.5 Å². The van der Waals surface area contributed by atoms with Gasteiger partial charge >= 0.3 is 12.1 Å². The van der Waals surface area contributed by atoms with Crippen LogP contribution in [0.5, 0.6) is 0 Å². The largest absolute Gasteiger partial charge is 0.479 e. The van der Waals surface area contributed by atoms with Gasteiger partial charge in [0.25, 0.3) is 0 Å². The fourth-order valence-corrected chi connectivity index (χ4v) is 3.31. The molecule has 154 valence electrons. The van der Waals surface area contributed by atoms with Crippen LogP contribution in [0.2, 0.25) is 0 Å². The summed E-state index contributed by atoms with van der Waals surface area (Å²) in [5.74, 6) is -1.94. The normalized spacial score (nSPS) is 19.5. The minimum atomic E-state index is -1.64. The third-order valence-corrected chi connectivity index (χ3v) is 5.16. The van der Waals surface area contributed by atoms with Crippen molar-refractivity contribution in [2.24, 2.45) is 5.92 Å². The summed E-state index contributed by atoms with van der Waals surface area (Å²) in [5.41, 5.74) is 0.827. The zero-order valence-corrected chi connectivity index (χ0v) is 16.2. The summed E-state index contributed by atoms with van der Waals surface area (Å²) in [7, 11) is 0. The Balaban J connectivity index is 2.04. The van der Waals surface area contributed by atoms with Gasteiger partial charge in [0.05, 0.1) is 6.04 Å². The van der Waals surface area contributed by atoms with Crippen molar-refractivity contribution in [3.05, 3.63) is 35.9 Å². The molecule has 2 rings (SSSR count). The van der Waals surface area contributed by atoms with Crippen molar-refractivity contribution in [1.29, 1.82) is 0 Å². The van der Waals surface area contributed by atoms with Crippen molar-refractivity contribution in [1.82, 2.24) is 10.2 Å². The second-order valence-electron chi connectivity index (χ2n) is 7.09. The lowest BCUT2D eigenvalue weighted by molar-refractivity contribution is -0.152. The number of alkyl carbamates (subject to hydrolysis) is 1. The molecule has 1 heterocycles. The first-order valence-corrected chi connectivity index (χ1v) is 9.53. The molecule has 8 heteroatoms. The monoisotopic (exact) mass is 392 g/mol. The summed E-state index contributed by atoms with van der Waals surface area (Å²) in [6, 6.07) is 7.54. The van der Waals surface area contributed by atoms with E-state index in [-0.39, 0.29) is 12.5 Å². The van der Waals surface area contributed by atoms with Crippen LogP contribution in [0.15, 0.2) is 30.3 Å². The number of benzene rings is 1. The molecular weight excluding hydrogens is 364 g/mol. The molecule has 1 saturated heterocycles. The van der Waals surface area contributed by atoms with Gasteiger partial charge in [-0.1, -0.05) is 50.6 Å². The number of nitrogens with one attached hydrogen (secondary N) is 1. The van der Waals surface area contributed by atoms with Crippen LogP contribution < -0.4 is 5.32 Å². The number of carbonyl (C=O) groups excluding carboxylic acids is 2. The maximum Gasteiger partial charge on any atom is 0.408 e. The number of hydrogen-bond acceptors (Lipinski definition) is 5. The van der Waals surface area contributed by atoms with Gasteiger partial charge < -0.3 is 25.2 Å². The number of carbonyl (C=O) groups is 3. The molecule has 1 aromatic carbocycles. The first-order valence-electron chi connectivity index (χ1n) is 9.53. The van der Waals surface area contributed by atoms with E-state index in [4.69, 9.17) is 9.84 Å². The Labute approximate surface area is 164 Å². The summed E-state index contributed by atoms with van der Waals surface area (Å²) in [4.78, 5) is 37.8. The van der Waals surface area contributed by atoms with Crippen LogP contribution >= 0.6 is 0 Å². The molecule has 0 aromatic heterocycles. The van der Waals surface area contributed by atoms with Crippen molar-refractivity contribution in [2.75, 3.05) is 6.54 Å². The fraction of sp³-hybridized carbons (Fsp3) is 0.550. The van der Waals surface area contributed by atoms with E-state index >= 15 is 0 Å². The van der Waals surface area contributed by atoms with E-state index in [1.807, 2.05) is 44.2 Å². The highest BCUT2D eigenvalue weighted by atomic mass is 16.5. The molecule has 1 aliphatic rings. The first-order chi connectivity index (χ1) is 13.3. The summed E-state index contributed by atoms with van der Waals surface area (Å²) in [6.45, 7) is 4.16. The van der Waals surface area contributed by atoms with E-state index in [2.05, 4.69) is 5.32 Å². The number of nitrogens with zero attached hydrogens (tertiary/aromatic N) is 1. The van der Waals surface area contributed by atoms with Crippen molar-refractivity contribution in [3.8, 4) is 0 Å². The Hall–Kier alpha value is -2.61. The number of amides is 2. The van der Waals surface area contributed by atoms with Gasteiger partial charge in [-0.05, 0) is 24.3 Å². The lowest BCUT2D eigenvalue weighted by atomic mass is 9.97. The molecule has 8 nitrogen and oxygen atoms in total. The number of aliphatic carboxylic acids is 1. The fourth-order valence-electron chi connectivity index (χ4n) is 3.31. The molecule has 0 bridgehead atoms. The number of ether oxygens (including phenoxy) is 1. The van der Waals surface area contributed by atoms with Crippen LogP contribution in [0.1, 0.15) is 38.7 Å². The second kappa shape index (κ2) is 10.1. The molecule has 3 N–H and O–H groups in total. The van der Waals surface area contributed by atoms with Gasteiger partial charge in [0.2, 0.25) is 5.91 Å². The number of rotatable bonds is 8. The maximum absolute atomic E-state index is 13.0. The predicted molar refractivity (Wildman–Crippen MR) is 101 cm³/mol. The highest BCUT2D eigenvalue weighted by Gasteiger charge is 2.41. The molecule has 28 heavy (non-hydrogen) atoms. The summed E-state index contributed by atoms with van der Waals surface area (Å²) in [5, 5.41) is 21.6. The van der Waals surface area contributed by atoms with E-state index in [0.717, 1.165) is 5.56 Å². The highest BCUT2D eigenvalue weighted by Crippen LogP contribution is 2.23. The SMILES string of the molecule is CC[C@H](C)[C@H](NC(=O)OCc1ccccc1)C(=O)N1CCC[C@H]1[C@@H](O)C(=O)O. The molecule has 0 unspecified atom stereocenters. The van der Waals surface area contributed by atoms with Gasteiger partial charge in [0.1, 0.15) is 12.6 Å². The third-order valence-electron chi connectivity index (χ3n) is 5.16. The Morgan fingerprint density at radius 1 is 1.29 bits per heavy atom. The van der Waals surface area contributed by atoms with Crippen LogP contribution in [0, 0.1) is 5.92 Å². The molecule has 0 saturated carbocycles. The molecule has 0 spiro atoms. The third kappa shape index (κ3) is 5.45. The molecule has 1 aromatic rings. The predicted octanol–water partition coefficient (Wildman–Crippen LogP) is 1.76. The number of carboxylic acid groups (broad SMARTS) is 1. The number of carboxylic acids is 1. The van der Waals surface area contributed by atoms with Gasteiger partial charge in [0.15, 0.2) is 6.10 Å². The molecule has 0 aliphatic carbocycles. The molecular formula is C20H28N2O6.